The molecule has 4 rings (SSSR count). The molecule has 0 saturated carbocycles. The number of carbonyl (C=O) groups excluding carboxylic acids is 3. The Bertz CT molecular complexity index is 1160. The number of pyridine rings is 1. The van der Waals surface area contributed by atoms with Gasteiger partial charge in [0, 0.05) is 30.2 Å². The van der Waals surface area contributed by atoms with Crippen molar-refractivity contribution in [2.24, 2.45) is 5.73 Å². The summed E-state index contributed by atoms with van der Waals surface area (Å²) in [5.74, 6) is -1.23. The summed E-state index contributed by atoms with van der Waals surface area (Å²) >= 11 is 0. The Labute approximate surface area is 167 Å². The van der Waals surface area contributed by atoms with Gasteiger partial charge in [-0.25, -0.2) is 4.98 Å². The molecule has 0 radical (unpaired) electrons. The molecule has 1 aliphatic rings. The lowest BCUT2D eigenvalue weighted by molar-refractivity contribution is -0.114. The third kappa shape index (κ3) is 3.31. The molecule has 0 atom stereocenters. The van der Waals surface area contributed by atoms with Crippen molar-refractivity contribution in [2.45, 2.75) is 12.8 Å². The van der Waals surface area contributed by atoms with Crippen LogP contribution in [0.15, 0.2) is 48.5 Å². The predicted molar refractivity (Wildman–Crippen MR) is 110 cm³/mol. The number of Topliss-reactive ketones (excluding diaryl/α,β-unsaturated/α-hetero) is 1. The van der Waals surface area contributed by atoms with Crippen molar-refractivity contribution in [1.82, 2.24) is 10.3 Å². The number of hydrogen-bond acceptors (Lipinski definition) is 5. The van der Waals surface area contributed by atoms with Gasteiger partial charge in [-0.15, -0.1) is 0 Å². The summed E-state index contributed by atoms with van der Waals surface area (Å²) in [6.07, 6.45) is 1.63. The quantitative estimate of drug-likeness (QED) is 0.527. The number of aryl methyl sites for hydroxylation is 1. The van der Waals surface area contributed by atoms with Gasteiger partial charge in [0.2, 0.25) is 5.78 Å². The predicted octanol–water partition coefficient (Wildman–Crippen LogP) is 2.35. The average molecular weight is 388 g/mol. The molecule has 7 nitrogen and oxygen atoms in total. The van der Waals surface area contributed by atoms with Crippen LogP contribution in [0.25, 0.3) is 10.8 Å². The first-order valence-electron chi connectivity index (χ1n) is 9.36. The Balaban J connectivity index is 1.87. The van der Waals surface area contributed by atoms with Gasteiger partial charge in [-0.3, -0.25) is 14.4 Å². The zero-order chi connectivity index (χ0) is 20.5. The smallest absolute Gasteiger partial charge is 0.289 e. The molecule has 3 N–H and O–H groups in total. The summed E-state index contributed by atoms with van der Waals surface area (Å²) < 4.78 is 0. The molecule has 7 heteroatoms. The van der Waals surface area contributed by atoms with Crippen LogP contribution < -0.4 is 16.0 Å². The zero-order valence-corrected chi connectivity index (χ0v) is 15.9. The van der Waals surface area contributed by atoms with E-state index in [1.807, 2.05) is 30.3 Å². The van der Waals surface area contributed by atoms with Gasteiger partial charge in [0.1, 0.15) is 11.5 Å². The average Bonchev–Trinajstić information content (AvgIpc) is 2.76. The second-order valence-corrected chi connectivity index (χ2v) is 6.92. The van der Waals surface area contributed by atoms with Crippen molar-refractivity contribution in [3.05, 3.63) is 65.4 Å². The molecular formula is C22H20N4O3. The summed E-state index contributed by atoms with van der Waals surface area (Å²) in [4.78, 5) is 42.2. The van der Waals surface area contributed by atoms with E-state index in [1.54, 1.807) is 25.2 Å². The second-order valence-electron chi connectivity index (χ2n) is 6.92. The number of benzene rings is 2. The number of ketones is 1. The molecular weight excluding hydrogens is 368 g/mol. The van der Waals surface area contributed by atoms with E-state index >= 15 is 0 Å². The molecule has 0 fully saturated rings. The van der Waals surface area contributed by atoms with Gasteiger partial charge >= 0.3 is 0 Å². The Morgan fingerprint density at radius 2 is 1.90 bits per heavy atom. The van der Waals surface area contributed by atoms with Crippen molar-refractivity contribution >= 4 is 39.9 Å². The van der Waals surface area contributed by atoms with E-state index in [9.17, 15) is 14.4 Å². The van der Waals surface area contributed by atoms with E-state index < -0.39 is 11.7 Å². The lowest BCUT2D eigenvalue weighted by Gasteiger charge is -2.31. The fraction of sp³-hybridized carbons (Fsp3) is 0.182. The molecule has 146 valence electrons. The standard InChI is InChI=1S/C22H20N4O3/c1-24-22(29)17-12-13-5-2-3-7-16(13)21(25-17)26-10-4-6-14-11-15(8-9-18(14)26)19(27)20(23)28/h2-3,5,7-9,11-12H,4,6,10H2,1H3,(H2,23,28)(H,24,29). The van der Waals surface area contributed by atoms with E-state index in [4.69, 9.17) is 5.73 Å². The van der Waals surface area contributed by atoms with Crippen LogP contribution >= 0.6 is 0 Å². The van der Waals surface area contributed by atoms with Crippen LogP contribution in [-0.2, 0) is 11.2 Å². The SMILES string of the molecule is CNC(=O)c1cc2ccccc2c(N2CCCc3cc(C(=O)C(N)=O)ccc32)n1. The highest BCUT2D eigenvalue weighted by molar-refractivity contribution is 6.42. The van der Waals surface area contributed by atoms with Crippen LogP contribution in [0.1, 0.15) is 32.8 Å². The molecule has 0 aliphatic carbocycles. The third-order valence-corrected chi connectivity index (χ3v) is 5.12. The van der Waals surface area contributed by atoms with E-state index in [2.05, 4.69) is 15.2 Å². The minimum Gasteiger partial charge on any atom is -0.363 e. The molecule has 2 amide bonds. The third-order valence-electron chi connectivity index (χ3n) is 5.12. The topological polar surface area (TPSA) is 105 Å². The number of fused-ring (bicyclic) bond motifs is 2. The van der Waals surface area contributed by atoms with E-state index in [0.717, 1.165) is 41.4 Å². The summed E-state index contributed by atoms with van der Waals surface area (Å²) in [6, 6.07) is 14.7. The monoisotopic (exact) mass is 388 g/mol. The maximum absolute atomic E-state index is 12.2. The Morgan fingerprint density at radius 1 is 1.10 bits per heavy atom. The first-order chi connectivity index (χ1) is 14.0. The lowest BCUT2D eigenvalue weighted by Crippen LogP contribution is -2.28. The van der Waals surface area contributed by atoms with Gasteiger partial charge in [0.15, 0.2) is 0 Å². The molecule has 29 heavy (non-hydrogen) atoms. The van der Waals surface area contributed by atoms with Gasteiger partial charge < -0.3 is 16.0 Å². The first kappa shape index (κ1) is 18.6. The van der Waals surface area contributed by atoms with Crippen molar-refractivity contribution in [3.8, 4) is 0 Å². The number of primary amides is 1. The number of nitrogens with zero attached hydrogens (tertiary/aromatic N) is 2. The zero-order valence-electron chi connectivity index (χ0n) is 15.9. The van der Waals surface area contributed by atoms with Crippen molar-refractivity contribution in [1.29, 1.82) is 0 Å². The molecule has 0 saturated heterocycles. The van der Waals surface area contributed by atoms with Crippen molar-refractivity contribution < 1.29 is 14.4 Å². The van der Waals surface area contributed by atoms with Crippen LogP contribution in [0.3, 0.4) is 0 Å². The number of hydrogen-bond donors (Lipinski definition) is 2. The minimum absolute atomic E-state index is 0.253. The minimum atomic E-state index is -0.969. The molecule has 3 aromatic rings. The maximum Gasteiger partial charge on any atom is 0.289 e. The van der Waals surface area contributed by atoms with Crippen LogP contribution in [0, 0.1) is 0 Å². The van der Waals surface area contributed by atoms with E-state index in [0.29, 0.717) is 11.5 Å². The first-order valence-corrected chi connectivity index (χ1v) is 9.36. The Hall–Kier alpha value is -3.74. The molecule has 1 aromatic heterocycles. The van der Waals surface area contributed by atoms with Crippen LogP contribution in [0.2, 0.25) is 0 Å². The highest BCUT2D eigenvalue weighted by Crippen LogP contribution is 2.37. The largest absolute Gasteiger partial charge is 0.363 e. The Kier molecular flexibility index (Phi) is 4.72. The van der Waals surface area contributed by atoms with Gasteiger partial charge in [-0.2, -0.15) is 0 Å². The summed E-state index contributed by atoms with van der Waals surface area (Å²) in [6.45, 7) is 0.726. The number of aromatic nitrogens is 1. The number of anilines is 2. The lowest BCUT2D eigenvalue weighted by atomic mass is 9.97. The highest BCUT2D eigenvalue weighted by atomic mass is 16.2. The van der Waals surface area contributed by atoms with E-state index in [-0.39, 0.29) is 11.5 Å². The van der Waals surface area contributed by atoms with Crippen molar-refractivity contribution in [3.63, 3.8) is 0 Å². The number of nitrogens with one attached hydrogen (secondary N) is 1. The van der Waals surface area contributed by atoms with Crippen molar-refractivity contribution in [2.75, 3.05) is 18.5 Å². The number of rotatable bonds is 4. The second kappa shape index (κ2) is 7.35. The van der Waals surface area contributed by atoms with Crippen LogP contribution in [-0.4, -0.2) is 36.2 Å². The molecule has 0 bridgehead atoms. The van der Waals surface area contributed by atoms with Gasteiger partial charge in [-0.05, 0) is 48.1 Å². The normalized spacial score (nSPS) is 13.1. The summed E-state index contributed by atoms with van der Waals surface area (Å²) in [5.41, 5.74) is 7.62. The molecule has 0 spiro atoms. The van der Waals surface area contributed by atoms with Gasteiger partial charge in [-0.1, -0.05) is 24.3 Å². The highest BCUT2D eigenvalue weighted by Gasteiger charge is 2.24. The molecule has 1 aliphatic heterocycles. The number of nitrogens with two attached hydrogens (primary N) is 1. The van der Waals surface area contributed by atoms with Crippen LogP contribution in [0.5, 0.6) is 0 Å². The van der Waals surface area contributed by atoms with E-state index in [1.165, 1.54) is 0 Å². The van der Waals surface area contributed by atoms with Gasteiger partial charge in [0.05, 0.1) is 0 Å². The fourth-order valence-electron chi connectivity index (χ4n) is 3.73. The molecule has 2 heterocycles. The number of carbonyl (C=O) groups is 3. The molecule has 0 unspecified atom stereocenters. The van der Waals surface area contributed by atoms with Crippen LogP contribution in [0.4, 0.5) is 11.5 Å². The van der Waals surface area contributed by atoms with Gasteiger partial charge in [0.25, 0.3) is 11.8 Å². The fourth-order valence-corrected chi connectivity index (χ4v) is 3.73. The Morgan fingerprint density at radius 3 is 2.66 bits per heavy atom. The number of amides is 2. The molecule has 2 aromatic carbocycles. The summed E-state index contributed by atoms with van der Waals surface area (Å²) in [7, 11) is 1.58. The summed E-state index contributed by atoms with van der Waals surface area (Å²) in [5, 5.41) is 4.48. The maximum atomic E-state index is 12.2.